The minimum absolute atomic E-state index is 0.0535. The number of rotatable bonds is 5. The van der Waals surface area contributed by atoms with E-state index in [2.05, 4.69) is 32.9 Å². The Bertz CT molecular complexity index is 1100. The molecule has 1 aliphatic carbocycles. The van der Waals surface area contributed by atoms with Gasteiger partial charge >= 0.3 is 0 Å². The summed E-state index contributed by atoms with van der Waals surface area (Å²) in [6.07, 6.45) is 0. The lowest BCUT2D eigenvalue weighted by Crippen LogP contribution is -2.41. The van der Waals surface area contributed by atoms with E-state index in [1.165, 1.54) is 0 Å². The fraction of sp³-hybridized carbons (Fsp3) is 0.241. The Morgan fingerprint density at radius 3 is 1.61 bits per heavy atom. The van der Waals surface area contributed by atoms with Crippen LogP contribution in [0.2, 0.25) is 0 Å². The zero-order valence-electron chi connectivity index (χ0n) is 18.3. The smallest absolute Gasteiger partial charge is 0.170 e. The number of benzene rings is 3. The van der Waals surface area contributed by atoms with Gasteiger partial charge in [0.25, 0.3) is 0 Å². The first-order chi connectivity index (χ1) is 15.0. The van der Waals surface area contributed by atoms with E-state index < -0.39 is 0 Å². The molecule has 31 heavy (non-hydrogen) atoms. The van der Waals surface area contributed by atoms with E-state index in [4.69, 9.17) is 0 Å². The van der Waals surface area contributed by atoms with Crippen LogP contribution in [0.1, 0.15) is 47.1 Å². The van der Waals surface area contributed by atoms with E-state index in [1.807, 2.05) is 78.9 Å². The lowest BCUT2D eigenvalue weighted by molar-refractivity contribution is 0.0747. The first-order valence-electron chi connectivity index (χ1n) is 10.9. The van der Waals surface area contributed by atoms with Crippen molar-refractivity contribution in [1.29, 1.82) is 0 Å². The largest absolute Gasteiger partial charge is 0.294 e. The van der Waals surface area contributed by atoms with E-state index >= 15 is 0 Å². The number of hydrogen-bond acceptors (Lipinski definition) is 2. The van der Waals surface area contributed by atoms with Crippen molar-refractivity contribution in [2.24, 2.45) is 23.7 Å². The second kappa shape index (κ2) is 8.85. The van der Waals surface area contributed by atoms with E-state index in [-0.39, 0.29) is 35.2 Å². The first-order valence-corrected chi connectivity index (χ1v) is 10.9. The van der Waals surface area contributed by atoms with Crippen molar-refractivity contribution in [1.82, 2.24) is 0 Å². The van der Waals surface area contributed by atoms with Crippen molar-refractivity contribution in [3.63, 3.8) is 0 Å². The van der Waals surface area contributed by atoms with Crippen LogP contribution >= 0.6 is 0 Å². The third-order valence-electron chi connectivity index (χ3n) is 6.84. The summed E-state index contributed by atoms with van der Waals surface area (Å²) in [5, 5.41) is 0. The predicted molar refractivity (Wildman–Crippen MR) is 126 cm³/mol. The third-order valence-corrected chi connectivity index (χ3v) is 6.84. The number of hydrogen-bond donors (Lipinski definition) is 0. The highest BCUT2D eigenvalue weighted by Gasteiger charge is 2.45. The van der Waals surface area contributed by atoms with Gasteiger partial charge in [0.1, 0.15) is 0 Å². The van der Waals surface area contributed by atoms with Gasteiger partial charge in [-0.3, -0.25) is 9.59 Å². The Morgan fingerprint density at radius 1 is 0.645 bits per heavy atom. The monoisotopic (exact) mass is 408 g/mol. The molecule has 0 aliphatic heterocycles. The molecule has 156 valence electrons. The molecule has 0 heterocycles. The van der Waals surface area contributed by atoms with Gasteiger partial charge in [-0.1, -0.05) is 110 Å². The fourth-order valence-electron chi connectivity index (χ4n) is 5.12. The lowest BCUT2D eigenvalue weighted by atomic mass is 9.60. The molecular formula is C29H28O2. The van der Waals surface area contributed by atoms with E-state index in [0.29, 0.717) is 11.1 Å². The van der Waals surface area contributed by atoms with Crippen molar-refractivity contribution in [3.05, 3.63) is 113 Å². The van der Waals surface area contributed by atoms with Crippen LogP contribution in [0.5, 0.6) is 0 Å². The van der Waals surface area contributed by atoms with Gasteiger partial charge < -0.3 is 0 Å². The van der Waals surface area contributed by atoms with E-state index in [1.54, 1.807) is 0 Å². The molecule has 0 fully saturated rings. The van der Waals surface area contributed by atoms with Gasteiger partial charge in [0.2, 0.25) is 0 Å². The summed E-state index contributed by atoms with van der Waals surface area (Å²) in [4.78, 5) is 27.4. The minimum atomic E-state index is -0.362. The fourth-order valence-corrected chi connectivity index (χ4v) is 5.12. The summed E-state index contributed by atoms with van der Waals surface area (Å²) in [5.74, 6) is -0.458. The Balaban J connectivity index is 1.86. The molecule has 0 radical (unpaired) electrons. The molecule has 3 aromatic rings. The molecular weight excluding hydrogens is 380 g/mol. The Kier molecular flexibility index (Phi) is 5.99. The predicted octanol–water partition coefficient (Wildman–Crippen LogP) is 6.74. The summed E-state index contributed by atoms with van der Waals surface area (Å²) in [7, 11) is 0. The average molecular weight is 409 g/mol. The molecule has 0 saturated heterocycles. The maximum atomic E-state index is 13.8. The summed E-state index contributed by atoms with van der Waals surface area (Å²) >= 11 is 0. The van der Waals surface area contributed by atoms with Gasteiger partial charge in [0.15, 0.2) is 11.6 Å². The van der Waals surface area contributed by atoms with Crippen molar-refractivity contribution < 1.29 is 9.59 Å². The zero-order valence-corrected chi connectivity index (χ0v) is 18.3. The molecule has 2 nitrogen and oxygen atoms in total. The summed E-state index contributed by atoms with van der Waals surface area (Å²) < 4.78 is 0. The second-order valence-corrected chi connectivity index (χ2v) is 8.57. The van der Waals surface area contributed by atoms with Gasteiger partial charge in [0, 0.05) is 17.0 Å². The lowest BCUT2D eigenvalue weighted by Gasteiger charge is -2.41. The molecule has 0 unspecified atom stereocenters. The molecule has 4 atom stereocenters. The maximum absolute atomic E-state index is 13.8. The summed E-state index contributed by atoms with van der Waals surface area (Å²) in [5.41, 5.74) is 4.69. The highest BCUT2D eigenvalue weighted by molar-refractivity contribution is 6.07. The van der Waals surface area contributed by atoms with Crippen LogP contribution in [0.25, 0.3) is 5.57 Å². The van der Waals surface area contributed by atoms with Gasteiger partial charge in [-0.05, 0) is 29.9 Å². The molecule has 2 heteroatoms. The summed E-state index contributed by atoms with van der Waals surface area (Å²) in [6, 6.07) is 29.1. The number of allylic oxidation sites excluding steroid dienone is 2. The van der Waals surface area contributed by atoms with E-state index in [9.17, 15) is 9.59 Å². The standard InChI is InChI=1S/C29H28O2/c1-19-20(2)26(22-13-7-4-8-14-22)27(29(31)24-17-11-6-12-18-24)21(3)25(19)28(30)23-15-9-5-10-16-23/h4-19,21,25,27H,1-3H3/t19-,21-,25-,27+/m0/s1. The van der Waals surface area contributed by atoms with Crippen LogP contribution in [-0.4, -0.2) is 11.6 Å². The van der Waals surface area contributed by atoms with E-state index in [0.717, 1.165) is 16.7 Å². The molecule has 0 N–H and O–H groups in total. The van der Waals surface area contributed by atoms with Gasteiger partial charge in [-0.25, -0.2) is 0 Å². The van der Waals surface area contributed by atoms with Gasteiger partial charge in [-0.15, -0.1) is 0 Å². The van der Waals surface area contributed by atoms with Crippen LogP contribution in [0.4, 0.5) is 0 Å². The molecule has 0 spiro atoms. The van der Waals surface area contributed by atoms with Crippen LogP contribution < -0.4 is 0 Å². The van der Waals surface area contributed by atoms with Crippen LogP contribution in [0.15, 0.2) is 96.6 Å². The first kappa shape index (κ1) is 21.0. The topological polar surface area (TPSA) is 34.1 Å². The quantitative estimate of drug-likeness (QED) is 0.438. The summed E-state index contributed by atoms with van der Waals surface area (Å²) in [6.45, 7) is 6.29. The van der Waals surface area contributed by atoms with Gasteiger partial charge in [-0.2, -0.15) is 0 Å². The molecule has 0 amide bonds. The van der Waals surface area contributed by atoms with Crippen molar-refractivity contribution in [2.45, 2.75) is 20.8 Å². The minimum Gasteiger partial charge on any atom is -0.294 e. The zero-order chi connectivity index (χ0) is 22.0. The number of carbonyl (C=O) groups excluding carboxylic acids is 2. The van der Waals surface area contributed by atoms with Crippen LogP contribution in [-0.2, 0) is 0 Å². The normalized spacial score (nSPS) is 23.5. The molecule has 0 aromatic heterocycles. The van der Waals surface area contributed by atoms with Gasteiger partial charge in [0.05, 0.1) is 5.92 Å². The number of carbonyl (C=O) groups is 2. The Hall–Kier alpha value is -3.26. The maximum Gasteiger partial charge on any atom is 0.170 e. The molecule has 1 aliphatic rings. The van der Waals surface area contributed by atoms with Crippen LogP contribution in [0.3, 0.4) is 0 Å². The number of ketones is 2. The van der Waals surface area contributed by atoms with Crippen molar-refractivity contribution >= 4 is 17.1 Å². The third kappa shape index (κ3) is 3.90. The second-order valence-electron chi connectivity index (χ2n) is 8.57. The number of Topliss-reactive ketones (excluding diaryl/α,β-unsaturated/α-hetero) is 2. The highest BCUT2D eigenvalue weighted by atomic mass is 16.1. The molecule has 0 bridgehead atoms. The Labute approximate surface area is 184 Å². The Morgan fingerprint density at radius 2 is 1.10 bits per heavy atom. The van der Waals surface area contributed by atoms with Crippen molar-refractivity contribution in [2.75, 3.05) is 0 Å². The average Bonchev–Trinajstić information content (AvgIpc) is 2.82. The highest BCUT2D eigenvalue weighted by Crippen LogP contribution is 2.48. The molecule has 0 saturated carbocycles. The SMILES string of the molecule is CC1=C(c2ccccc2)[C@H](C(=O)c2ccccc2)[C@@H](C)[C@@H](C(=O)c2ccccc2)[C@H]1C. The molecule has 4 rings (SSSR count). The molecule has 3 aromatic carbocycles. The van der Waals surface area contributed by atoms with Crippen LogP contribution in [0, 0.1) is 23.7 Å². The van der Waals surface area contributed by atoms with Crippen molar-refractivity contribution in [3.8, 4) is 0 Å².